The highest BCUT2D eigenvalue weighted by Crippen LogP contribution is 2.35. The van der Waals surface area contributed by atoms with Gasteiger partial charge in [-0.2, -0.15) is 13.2 Å². The number of benzene rings is 1. The van der Waals surface area contributed by atoms with E-state index in [1.807, 2.05) is 11.9 Å². The van der Waals surface area contributed by atoms with Crippen LogP contribution in [0.3, 0.4) is 0 Å². The van der Waals surface area contributed by atoms with E-state index in [0.717, 1.165) is 25.2 Å². The molecule has 27 heavy (non-hydrogen) atoms. The highest BCUT2D eigenvalue weighted by molar-refractivity contribution is 5.99. The molecule has 3 aromatic rings. The standard InChI is InChI=1S/C16H16F3N7O/c1-24-2-4-25(5-3-24)14-15-23-21-8-26(15)12-6-9(13(20)27)10(16(17,18)19)7-11(12)22-14/h6-8H,2-5H2,1H3,(H2,20,27). The van der Waals surface area contributed by atoms with Gasteiger partial charge < -0.3 is 15.5 Å². The Labute approximate surface area is 151 Å². The summed E-state index contributed by atoms with van der Waals surface area (Å²) in [6.07, 6.45) is -3.34. The summed E-state index contributed by atoms with van der Waals surface area (Å²) < 4.78 is 41.7. The number of piperazine rings is 1. The third kappa shape index (κ3) is 2.93. The number of hydrogen-bond donors (Lipinski definition) is 1. The molecule has 1 aliphatic rings. The third-order valence-corrected chi connectivity index (χ3v) is 4.72. The van der Waals surface area contributed by atoms with E-state index in [2.05, 4.69) is 20.1 Å². The maximum atomic E-state index is 13.4. The molecule has 2 N–H and O–H groups in total. The smallest absolute Gasteiger partial charge is 0.366 e. The number of carbonyl (C=O) groups is 1. The zero-order chi connectivity index (χ0) is 19.3. The maximum absolute atomic E-state index is 13.4. The van der Waals surface area contributed by atoms with Crippen LogP contribution in [0.5, 0.6) is 0 Å². The summed E-state index contributed by atoms with van der Waals surface area (Å²) >= 11 is 0. The van der Waals surface area contributed by atoms with Gasteiger partial charge in [0.25, 0.3) is 0 Å². The molecule has 0 atom stereocenters. The Morgan fingerprint density at radius 1 is 1.19 bits per heavy atom. The van der Waals surface area contributed by atoms with Gasteiger partial charge in [0.1, 0.15) is 6.33 Å². The van der Waals surface area contributed by atoms with Crippen molar-refractivity contribution in [3.63, 3.8) is 0 Å². The van der Waals surface area contributed by atoms with E-state index < -0.39 is 23.2 Å². The molecule has 1 amide bonds. The van der Waals surface area contributed by atoms with Crippen LogP contribution in [-0.2, 0) is 6.18 Å². The normalized spacial score (nSPS) is 16.4. The number of rotatable bonds is 2. The molecule has 1 aromatic carbocycles. The van der Waals surface area contributed by atoms with Crippen molar-refractivity contribution >= 4 is 28.4 Å². The van der Waals surface area contributed by atoms with E-state index in [1.54, 1.807) is 0 Å². The summed E-state index contributed by atoms with van der Waals surface area (Å²) in [6.45, 7) is 2.94. The fourth-order valence-electron chi connectivity index (χ4n) is 3.26. The number of anilines is 1. The average Bonchev–Trinajstić information content (AvgIpc) is 3.10. The first kappa shape index (κ1) is 17.5. The van der Waals surface area contributed by atoms with Gasteiger partial charge in [-0.15, -0.1) is 10.2 Å². The molecule has 4 rings (SSSR count). The summed E-state index contributed by atoms with van der Waals surface area (Å²) in [7, 11) is 2.00. The SMILES string of the molecule is CN1CCN(c2nc3cc(C(F)(F)F)c(C(N)=O)cc3n3cnnc23)CC1. The number of amides is 1. The van der Waals surface area contributed by atoms with Gasteiger partial charge in [-0.1, -0.05) is 0 Å². The van der Waals surface area contributed by atoms with Gasteiger partial charge in [0.2, 0.25) is 11.6 Å². The minimum Gasteiger partial charge on any atom is -0.366 e. The number of halogens is 3. The molecule has 142 valence electrons. The second-order valence-corrected chi connectivity index (χ2v) is 6.50. The zero-order valence-electron chi connectivity index (χ0n) is 14.4. The third-order valence-electron chi connectivity index (χ3n) is 4.72. The quantitative estimate of drug-likeness (QED) is 0.718. The Balaban J connectivity index is 1.97. The highest BCUT2D eigenvalue weighted by atomic mass is 19.4. The Kier molecular flexibility index (Phi) is 3.91. The van der Waals surface area contributed by atoms with Gasteiger partial charge in [0, 0.05) is 26.2 Å². The van der Waals surface area contributed by atoms with E-state index in [4.69, 9.17) is 5.73 Å². The number of fused-ring (bicyclic) bond motifs is 3. The van der Waals surface area contributed by atoms with Crippen LogP contribution in [0.25, 0.3) is 16.7 Å². The van der Waals surface area contributed by atoms with Gasteiger partial charge in [0.15, 0.2) is 5.82 Å². The van der Waals surface area contributed by atoms with E-state index >= 15 is 0 Å². The van der Waals surface area contributed by atoms with Crippen molar-refractivity contribution in [1.29, 1.82) is 0 Å². The lowest BCUT2D eigenvalue weighted by Gasteiger charge is -2.33. The van der Waals surface area contributed by atoms with Crippen LogP contribution in [-0.4, -0.2) is 63.6 Å². The number of alkyl halides is 3. The van der Waals surface area contributed by atoms with E-state index in [0.29, 0.717) is 24.6 Å². The molecule has 0 spiro atoms. The average molecular weight is 379 g/mol. The fraction of sp³-hybridized carbons (Fsp3) is 0.375. The largest absolute Gasteiger partial charge is 0.417 e. The summed E-state index contributed by atoms with van der Waals surface area (Å²) in [6, 6.07) is 1.95. The first-order valence-corrected chi connectivity index (χ1v) is 8.23. The lowest BCUT2D eigenvalue weighted by Crippen LogP contribution is -2.45. The molecule has 0 bridgehead atoms. The zero-order valence-corrected chi connectivity index (χ0v) is 14.4. The molecular formula is C16H16F3N7O. The molecule has 8 nitrogen and oxygen atoms in total. The minimum absolute atomic E-state index is 0.0913. The predicted octanol–water partition coefficient (Wildman–Crippen LogP) is 1.15. The number of hydrogen-bond acceptors (Lipinski definition) is 6. The molecule has 1 saturated heterocycles. The van der Waals surface area contributed by atoms with Gasteiger partial charge >= 0.3 is 6.18 Å². The van der Waals surface area contributed by atoms with Crippen molar-refractivity contribution in [3.05, 3.63) is 29.6 Å². The van der Waals surface area contributed by atoms with Crippen molar-refractivity contribution in [2.45, 2.75) is 6.18 Å². The fourth-order valence-corrected chi connectivity index (χ4v) is 3.26. The molecule has 2 aromatic heterocycles. The van der Waals surface area contributed by atoms with Gasteiger partial charge in [-0.05, 0) is 19.2 Å². The van der Waals surface area contributed by atoms with Crippen LogP contribution < -0.4 is 10.6 Å². The monoisotopic (exact) mass is 379 g/mol. The van der Waals surface area contributed by atoms with Crippen LogP contribution in [0.4, 0.5) is 19.0 Å². The first-order chi connectivity index (χ1) is 12.8. The molecule has 3 heterocycles. The van der Waals surface area contributed by atoms with E-state index in [9.17, 15) is 18.0 Å². The van der Waals surface area contributed by atoms with Crippen LogP contribution in [0.1, 0.15) is 15.9 Å². The summed E-state index contributed by atoms with van der Waals surface area (Å²) in [5, 5.41) is 7.93. The molecule has 0 saturated carbocycles. The van der Waals surface area contributed by atoms with Crippen LogP contribution in [0.2, 0.25) is 0 Å². The van der Waals surface area contributed by atoms with Gasteiger partial charge in [-0.25, -0.2) is 4.98 Å². The second kappa shape index (κ2) is 6.05. The number of nitrogens with two attached hydrogens (primary N) is 1. The molecule has 1 fully saturated rings. The molecule has 0 radical (unpaired) electrons. The van der Waals surface area contributed by atoms with Crippen LogP contribution >= 0.6 is 0 Å². The van der Waals surface area contributed by atoms with Crippen molar-refractivity contribution in [3.8, 4) is 0 Å². The lowest BCUT2D eigenvalue weighted by atomic mass is 10.0. The number of likely N-dealkylation sites (N-methyl/N-ethyl adjacent to an activating group) is 1. The molecular weight excluding hydrogens is 363 g/mol. The number of nitrogens with zero attached hydrogens (tertiary/aromatic N) is 6. The number of primary amides is 1. The predicted molar refractivity (Wildman–Crippen MR) is 91.5 cm³/mol. The molecule has 0 unspecified atom stereocenters. The van der Waals surface area contributed by atoms with Gasteiger partial charge in [-0.3, -0.25) is 9.20 Å². The minimum atomic E-state index is -4.73. The summed E-state index contributed by atoms with van der Waals surface area (Å²) in [5.41, 5.74) is 4.25. The van der Waals surface area contributed by atoms with Crippen LogP contribution in [0.15, 0.2) is 18.5 Å². The van der Waals surface area contributed by atoms with Crippen molar-refractivity contribution < 1.29 is 18.0 Å². The maximum Gasteiger partial charge on any atom is 0.417 e. The summed E-state index contributed by atoms with van der Waals surface area (Å²) in [4.78, 5) is 20.1. The number of aromatic nitrogens is 4. The Morgan fingerprint density at radius 2 is 1.89 bits per heavy atom. The van der Waals surface area contributed by atoms with Crippen molar-refractivity contribution in [1.82, 2.24) is 24.5 Å². The topological polar surface area (TPSA) is 92.7 Å². The number of carbonyl (C=O) groups excluding carboxylic acids is 1. The lowest BCUT2D eigenvalue weighted by molar-refractivity contribution is -0.137. The molecule has 11 heteroatoms. The van der Waals surface area contributed by atoms with Crippen molar-refractivity contribution in [2.24, 2.45) is 5.73 Å². The second-order valence-electron chi connectivity index (χ2n) is 6.50. The molecule has 0 aliphatic carbocycles. The van der Waals surface area contributed by atoms with Gasteiger partial charge in [0.05, 0.1) is 22.2 Å². The van der Waals surface area contributed by atoms with E-state index in [1.165, 1.54) is 10.7 Å². The summed E-state index contributed by atoms with van der Waals surface area (Å²) in [5.74, 6) is -0.693. The van der Waals surface area contributed by atoms with Crippen LogP contribution in [0, 0.1) is 0 Å². The Hall–Kier alpha value is -2.95. The molecule has 1 aliphatic heterocycles. The Bertz CT molecular complexity index is 1040. The van der Waals surface area contributed by atoms with Crippen molar-refractivity contribution in [2.75, 3.05) is 38.1 Å². The Morgan fingerprint density at radius 3 is 2.52 bits per heavy atom. The van der Waals surface area contributed by atoms with E-state index in [-0.39, 0.29) is 11.0 Å². The highest BCUT2D eigenvalue weighted by Gasteiger charge is 2.36. The first-order valence-electron chi connectivity index (χ1n) is 8.23.